The lowest BCUT2D eigenvalue weighted by Crippen LogP contribution is -2.57. The van der Waals surface area contributed by atoms with E-state index in [1.54, 1.807) is 4.90 Å². The van der Waals surface area contributed by atoms with Gasteiger partial charge < -0.3 is 10.0 Å². The van der Waals surface area contributed by atoms with Crippen LogP contribution in [0.25, 0.3) is 0 Å². The Morgan fingerprint density at radius 2 is 1.65 bits per heavy atom. The fourth-order valence-corrected chi connectivity index (χ4v) is 3.11. The van der Waals surface area contributed by atoms with Crippen molar-refractivity contribution < 1.29 is 14.7 Å². The van der Waals surface area contributed by atoms with E-state index in [-0.39, 0.29) is 11.9 Å². The summed E-state index contributed by atoms with van der Waals surface area (Å²) in [6.07, 6.45) is 7.20. The lowest BCUT2D eigenvalue weighted by Gasteiger charge is -2.40. The van der Waals surface area contributed by atoms with E-state index >= 15 is 0 Å². The third-order valence-electron chi connectivity index (χ3n) is 4.04. The molecule has 4 nitrogen and oxygen atoms in total. The molecule has 2 fully saturated rings. The Labute approximate surface area is 102 Å². The minimum atomic E-state index is -0.913. The van der Waals surface area contributed by atoms with Gasteiger partial charge >= 0.3 is 5.97 Å². The van der Waals surface area contributed by atoms with Crippen LogP contribution >= 0.6 is 0 Å². The summed E-state index contributed by atoms with van der Waals surface area (Å²) in [5.41, 5.74) is -0.913. The fraction of sp³-hybridized carbons (Fsp3) is 0.846. The van der Waals surface area contributed by atoms with Crippen LogP contribution in [0.5, 0.6) is 0 Å². The highest BCUT2D eigenvalue weighted by Crippen LogP contribution is 2.40. The van der Waals surface area contributed by atoms with Crippen molar-refractivity contribution in [1.82, 2.24) is 4.90 Å². The molecule has 0 aromatic heterocycles. The first-order valence-corrected chi connectivity index (χ1v) is 6.61. The van der Waals surface area contributed by atoms with Crippen LogP contribution in [0, 0.1) is 0 Å². The molecule has 2 saturated carbocycles. The third-order valence-corrected chi connectivity index (χ3v) is 4.04. The fourth-order valence-electron chi connectivity index (χ4n) is 3.11. The van der Waals surface area contributed by atoms with E-state index in [0.29, 0.717) is 12.8 Å². The van der Waals surface area contributed by atoms with Gasteiger partial charge in [0.1, 0.15) is 5.54 Å². The van der Waals surface area contributed by atoms with Gasteiger partial charge in [0.05, 0.1) is 0 Å². The van der Waals surface area contributed by atoms with Crippen molar-refractivity contribution in [2.24, 2.45) is 0 Å². The van der Waals surface area contributed by atoms with Gasteiger partial charge in [0, 0.05) is 13.0 Å². The van der Waals surface area contributed by atoms with Gasteiger partial charge in [-0.3, -0.25) is 4.79 Å². The standard InChI is InChI=1S/C13H21NO3/c1-10(15)14(11-6-7-11)13(12(16)17)8-4-2-3-5-9-13/h11H,2-9H2,1H3,(H,16,17). The SMILES string of the molecule is CC(=O)N(C1CC1)C1(C(=O)O)CCCCCC1. The second-order valence-corrected chi connectivity index (χ2v) is 5.37. The summed E-state index contributed by atoms with van der Waals surface area (Å²) in [5.74, 6) is -0.877. The average Bonchev–Trinajstić information content (AvgIpc) is 3.04. The normalized spacial score (nSPS) is 23.8. The van der Waals surface area contributed by atoms with Gasteiger partial charge in [-0.2, -0.15) is 0 Å². The number of amides is 1. The first-order valence-electron chi connectivity index (χ1n) is 6.61. The summed E-state index contributed by atoms with van der Waals surface area (Å²) in [6.45, 7) is 1.51. The molecular weight excluding hydrogens is 218 g/mol. The predicted octanol–water partition coefficient (Wildman–Crippen LogP) is 2.17. The maximum absolute atomic E-state index is 11.8. The minimum absolute atomic E-state index is 0.0724. The largest absolute Gasteiger partial charge is 0.479 e. The van der Waals surface area contributed by atoms with Crippen molar-refractivity contribution in [3.8, 4) is 0 Å². The Morgan fingerprint density at radius 1 is 1.12 bits per heavy atom. The molecule has 0 radical (unpaired) electrons. The molecule has 0 unspecified atom stereocenters. The number of nitrogens with zero attached hydrogens (tertiary/aromatic N) is 1. The summed E-state index contributed by atoms with van der Waals surface area (Å²) in [7, 11) is 0. The van der Waals surface area contributed by atoms with Gasteiger partial charge in [-0.25, -0.2) is 4.79 Å². The Balaban J connectivity index is 2.29. The summed E-state index contributed by atoms with van der Waals surface area (Å²) >= 11 is 0. The molecule has 0 aliphatic heterocycles. The minimum Gasteiger partial charge on any atom is -0.479 e. The summed E-state index contributed by atoms with van der Waals surface area (Å²) in [6, 6.07) is 0.182. The van der Waals surface area contributed by atoms with Crippen LogP contribution in [-0.4, -0.2) is 33.5 Å². The lowest BCUT2D eigenvalue weighted by molar-refractivity contribution is -0.160. The van der Waals surface area contributed by atoms with E-state index < -0.39 is 11.5 Å². The van der Waals surface area contributed by atoms with Gasteiger partial charge in [0.15, 0.2) is 0 Å². The highest BCUT2D eigenvalue weighted by Gasteiger charge is 2.50. The first kappa shape index (κ1) is 12.4. The van der Waals surface area contributed by atoms with Gasteiger partial charge in [-0.1, -0.05) is 25.7 Å². The highest BCUT2D eigenvalue weighted by molar-refractivity contribution is 5.86. The summed E-state index contributed by atoms with van der Waals surface area (Å²) < 4.78 is 0. The van der Waals surface area contributed by atoms with Gasteiger partial charge in [0.25, 0.3) is 0 Å². The van der Waals surface area contributed by atoms with E-state index in [1.165, 1.54) is 6.92 Å². The average molecular weight is 239 g/mol. The van der Waals surface area contributed by atoms with Gasteiger partial charge in [0.2, 0.25) is 5.91 Å². The zero-order valence-electron chi connectivity index (χ0n) is 10.4. The van der Waals surface area contributed by atoms with Crippen LogP contribution in [0.3, 0.4) is 0 Å². The van der Waals surface area contributed by atoms with Crippen molar-refractivity contribution in [2.45, 2.75) is 69.9 Å². The van der Waals surface area contributed by atoms with Crippen LogP contribution in [-0.2, 0) is 9.59 Å². The summed E-state index contributed by atoms with van der Waals surface area (Å²) in [4.78, 5) is 25.2. The van der Waals surface area contributed by atoms with Crippen molar-refractivity contribution >= 4 is 11.9 Å². The topological polar surface area (TPSA) is 57.6 Å². The molecule has 4 heteroatoms. The van der Waals surface area contributed by atoms with E-state index in [0.717, 1.165) is 38.5 Å². The molecule has 0 saturated heterocycles. The van der Waals surface area contributed by atoms with Gasteiger partial charge in [-0.05, 0) is 25.7 Å². The first-order chi connectivity index (χ1) is 8.08. The molecule has 0 atom stereocenters. The molecular formula is C13H21NO3. The quantitative estimate of drug-likeness (QED) is 0.768. The molecule has 17 heavy (non-hydrogen) atoms. The van der Waals surface area contributed by atoms with Crippen LogP contribution in [0.2, 0.25) is 0 Å². The number of carbonyl (C=O) groups is 2. The van der Waals surface area contributed by atoms with Gasteiger partial charge in [-0.15, -0.1) is 0 Å². The molecule has 2 aliphatic rings. The van der Waals surface area contributed by atoms with Crippen LogP contribution < -0.4 is 0 Å². The predicted molar refractivity (Wildman–Crippen MR) is 63.6 cm³/mol. The Kier molecular flexibility index (Phi) is 3.40. The zero-order chi connectivity index (χ0) is 12.5. The van der Waals surface area contributed by atoms with Crippen LogP contribution in [0.4, 0.5) is 0 Å². The number of hydrogen-bond acceptors (Lipinski definition) is 2. The Bertz CT molecular complexity index is 315. The van der Waals surface area contributed by atoms with E-state index in [9.17, 15) is 14.7 Å². The van der Waals surface area contributed by atoms with Crippen LogP contribution in [0.1, 0.15) is 58.3 Å². The summed E-state index contributed by atoms with van der Waals surface area (Å²) in [5, 5.41) is 9.62. The third kappa shape index (κ3) is 2.31. The molecule has 0 spiro atoms. The molecule has 96 valence electrons. The molecule has 0 aromatic carbocycles. The monoisotopic (exact) mass is 239 g/mol. The molecule has 0 aromatic rings. The maximum Gasteiger partial charge on any atom is 0.329 e. The maximum atomic E-state index is 11.8. The second-order valence-electron chi connectivity index (χ2n) is 5.37. The molecule has 1 N–H and O–H groups in total. The number of rotatable bonds is 3. The van der Waals surface area contributed by atoms with Crippen molar-refractivity contribution in [2.75, 3.05) is 0 Å². The number of carboxylic acid groups (broad SMARTS) is 1. The molecule has 1 amide bonds. The molecule has 2 aliphatic carbocycles. The van der Waals surface area contributed by atoms with E-state index in [4.69, 9.17) is 0 Å². The van der Waals surface area contributed by atoms with Crippen molar-refractivity contribution in [3.63, 3.8) is 0 Å². The van der Waals surface area contributed by atoms with Crippen LogP contribution in [0.15, 0.2) is 0 Å². The van der Waals surface area contributed by atoms with E-state index in [1.807, 2.05) is 0 Å². The van der Waals surface area contributed by atoms with Crippen molar-refractivity contribution in [1.29, 1.82) is 0 Å². The second kappa shape index (κ2) is 4.67. The molecule has 2 rings (SSSR count). The van der Waals surface area contributed by atoms with E-state index in [2.05, 4.69) is 0 Å². The number of carboxylic acids is 1. The Morgan fingerprint density at radius 3 is 2.00 bits per heavy atom. The molecule has 0 bridgehead atoms. The Hall–Kier alpha value is -1.06. The van der Waals surface area contributed by atoms with Crippen molar-refractivity contribution in [3.05, 3.63) is 0 Å². The highest BCUT2D eigenvalue weighted by atomic mass is 16.4. The lowest BCUT2D eigenvalue weighted by atomic mass is 9.87. The zero-order valence-corrected chi connectivity index (χ0v) is 10.4. The molecule has 0 heterocycles. The number of aliphatic carboxylic acids is 1. The smallest absolute Gasteiger partial charge is 0.329 e. The number of carbonyl (C=O) groups excluding carboxylic acids is 1. The number of hydrogen-bond donors (Lipinski definition) is 1.